The molecule has 1 aliphatic heterocycles. The monoisotopic (exact) mass is 422 g/mol. The standard InChI is InChI=1S/C23H34O7/c1-20-5-2-16-17(23(20,29)7-4-15(20)13-8-19(27)30-11-13)3-6-21(28)10-14(25)9-18(26)22(16,21)12-24/h8,14-18,24-26,28-29H,2-7,9-12H2,1H3/t14-,15+,16-,17+,18+,20+,21-,22-,23+/m0/s1. The molecule has 0 unspecified atom stereocenters. The Morgan fingerprint density at radius 2 is 1.83 bits per heavy atom. The van der Waals surface area contributed by atoms with E-state index < -0.39 is 34.2 Å². The summed E-state index contributed by atoms with van der Waals surface area (Å²) in [5, 5.41) is 55.5. The van der Waals surface area contributed by atoms with Gasteiger partial charge in [-0.05, 0) is 61.9 Å². The fraction of sp³-hybridized carbons (Fsp3) is 0.870. The van der Waals surface area contributed by atoms with Gasteiger partial charge in [-0.3, -0.25) is 0 Å². The van der Waals surface area contributed by atoms with Crippen molar-refractivity contribution in [1.29, 1.82) is 0 Å². The van der Waals surface area contributed by atoms with E-state index in [0.717, 1.165) is 12.0 Å². The summed E-state index contributed by atoms with van der Waals surface area (Å²) in [6.45, 7) is 2.04. The van der Waals surface area contributed by atoms with Gasteiger partial charge in [0.2, 0.25) is 0 Å². The predicted octanol–water partition coefficient (Wildman–Crippen LogP) is 0.662. The van der Waals surface area contributed by atoms with Gasteiger partial charge in [0.25, 0.3) is 0 Å². The van der Waals surface area contributed by atoms with Crippen LogP contribution in [0.5, 0.6) is 0 Å². The van der Waals surface area contributed by atoms with Gasteiger partial charge < -0.3 is 30.3 Å². The van der Waals surface area contributed by atoms with E-state index >= 15 is 0 Å². The topological polar surface area (TPSA) is 127 Å². The van der Waals surface area contributed by atoms with Gasteiger partial charge in [-0.25, -0.2) is 4.79 Å². The highest BCUT2D eigenvalue weighted by Gasteiger charge is 2.73. The van der Waals surface area contributed by atoms with Gasteiger partial charge >= 0.3 is 5.97 Å². The number of hydrogen-bond acceptors (Lipinski definition) is 7. The Morgan fingerprint density at radius 3 is 2.50 bits per heavy atom. The third-order valence-electron chi connectivity index (χ3n) is 10.1. The van der Waals surface area contributed by atoms with Gasteiger partial charge in [-0.1, -0.05) is 6.92 Å². The number of cyclic esters (lactones) is 1. The van der Waals surface area contributed by atoms with Crippen LogP contribution in [0.2, 0.25) is 0 Å². The zero-order chi connectivity index (χ0) is 21.5. The number of rotatable bonds is 2. The highest BCUT2D eigenvalue weighted by molar-refractivity contribution is 5.85. The molecule has 0 bridgehead atoms. The zero-order valence-electron chi connectivity index (χ0n) is 17.6. The van der Waals surface area contributed by atoms with Crippen molar-refractivity contribution in [2.24, 2.45) is 28.6 Å². The van der Waals surface area contributed by atoms with Crippen LogP contribution in [0.1, 0.15) is 58.3 Å². The van der Waals surface area contributed by atoms with Crippen molar-refractivity contribution < 1.29 is 35.1 Å². The SMILES string of the molecule is C[C@]12CC[C@H]3[C@@H](CC[C@]4(O)C[C@@H](O)C[C@@H](O)[C@]34CO)[C@]1(O)CC[C@@H]2C1=CC(=O)OC1. The van der Waals surface area contributed by atoms with E-state index in [1.807, 2.05) is 0 Å². The van der Waals surface area contributed by atoms with Crippen molar-refractivity contribution in [3.8, 4) is 0 Å². The fourth-order valence-electron chi connectivity index (χ4n) is 8.63. The smallest absolute Gasteiger partial charge is 0.331 e. The van der Waals surface area contributed by atoms with E-state index in [9.17, 15) is 30.3 Å². The summed E-state index contributed by atoms with van der Waals surface area (Å²) in [4.78, 5) is 11.7. The number of carbonyl (C=O) groups is 1. The maximum Gasteiger partial charge on any atom is 0.331 e. The number of hydrogen-bond donors (Lipinski definition) is 5. The highest BCUT2D eigenvalue weighted by Crippen LogP contribution is 2.70. The van der Waals surface area contributed by atoms with E-state index in [1.165, 1.54) is 0 Å². The summed E-state index contributed by atoms with van der Waals surface area (Å²) in [5.74, 6) is -0.629. The van der Waals surface area contributed by atoms with Crippen LogP contribution in [0, 0.1) is 28.6 Å². The Hall–Kier alpha value is -0.990. The van der Waals surface area contributed by atoms with E-state index in [0.29, 0.717) is 38.7 Å². The third kappa shape index (κ3) is 2.36. The highest BCUT2D eigenvalue weighted by atomic mass is 16.5. The second kappa shape index (κ2) is 6.51. The number of esters is 1. The number of fused-ring (bicyclic) bond motifs is 5. The molecule has 7 nitrogen and oxygen atoms in total. The maximum atomic E-state index is 12.1. The minimum Gasteiger partial charge on any atom is -0.458 e. The molecule has 4 aliphatic carbocycles. The molecule has 4 saturated carbocycles. The molecule has 0 aromatic rings. The molecule has 5 aliphatic rings. The second-order valence-corrected chi connectivity index (χ2v) is 10.9. The van der Waals surface area contributed by atoms with Gasteiger partial charge in [0.05, 0.1) is 35.4 Å². The Labute approximate surface area is 176 Å². The largest absolute Gasteiger partial charge is 0.458 e. The lowest BCUT2D eigenvalue weighted by Gasteiger charge is -2.67. The van der Waals surface area contributed by atoms with Crippen LogP contribution in [-0.4, -0.2) is 68.1 Å². The first kappa shape index (κ1) is 20.9. The molecule has 30 heavy (non-hydrogen) atoms. The Morgan fingerprint density at radius 1 is 1.10 bits per heavy atom. The summed E-state index contributed by atoms with van der Waals surface area (Å²) in [6, 6.07) is 0. The Balaban J connectivity index is 1.53. The first-order valence-corrected chi connectivity index (χ1v) is 11.4. The molecule has 0 aromatic heterocycles. The molecule has 9 atom stereocenters. The molecule has 168 valence electrons. The van der Waals surface area contributed by atoms with Gasteiger partial charge in [-0.2, -0.15) is 0 Å². The Kier molecular flexibility index (Phi) is 4.54. The molecule has 0 saturated heterocycles. The van der Waals surface area contributed by atoms with Crippen molar-refractivity contribution in [2.75, 3.05) is 13.2 Å². The molecule has 0 amide bonds. The molecule has 0 aromatic carbocycles. The van der Waals surface area contributed by atoms with Gasteiger partial charge in [-0.15, -0.1) is 0 Å². The molecule has 1 heterocycles. The second-order valence-electron chi connectivity index (χ2n) is 10.9. The number of aliphatic hydroxyl groups is 5. The predicted molar refractivity (Wildman–Crippen MR) is 106 cm³/mol. The average molecular weight is 423 g/mol. The average Bonchev–Trinajstić information content (AvgIpc) is 3.21. The number of aliphatic hydroxyl groups excluding tert-OH is 3. The molecule has 0 spiro atoms. The van der Waals surface area contributed by atoms with Crippen molar-refractivity contribution >= 4 is 5.97 Å². The molecule has 5 rings (SSSR count). The van der Waals surface area contributed by atoms with Crippen molar-refractivity contribution in [3.63, 3.8) is 0 Å². The lowest BCUT2D eigenvalue weighted by Crippen LogP contribution is -2.73. The summed E-state index contributed by atoms with van der Waals surface area (Å²) >= 11 is 0. The summed E-state index contributed by atoms with van der Waals surface area (Å²) in [6.07, 6.45) is 3.73. The van der Waals surface area contributed by atoms with Crippen molar-refractivity contribution in [1.82, 2.24) is 0 Å². The zero-order valence-corrected chi connectivity index (χ0v) is 17.6. The van der Waals surface area contributed by atoms with Gasteiger partial charge in [0, 0.05) is 24.3 Å². The lowest BCUT2D eigenvalue weighted by atomic mass is 9.41. The molecule has 5 N–H and O–H groups in total. The summed E-state index contributed by atoms with van der Waals surface area (Å²) in [7, 11) is 0. The molecular formula is C23H34O7. The first-order valence-electron chi connectivity index (χ1n) is 11.4. The van der Waals surface area contributed by atoms with Gasteiger partial charge in [0.1, 0.15) is 6.61 Å². The quantitative estimate of drug-likeness (QED) is 0.414. The Bertz CT molecular complexity index is 782. The van der Waals surface area contributed by atoms with Crippen molar-refractivity contribution in [2.45, 2.75) is 81.7 Å². The van der Waals surface area contributed by atoms with E-state index in [4.69, 9.17) is 4.74 Å². The third-order valence-corrected chi connectivity index (χ3v) is 10.1. The van der Waals surface area contributed by atoms with Crippen LogP contribution in [0.4, 0.5) is 0 Å². The number of carbonyl (C=O) groups excluding carboxylic acids is 1. The van der Waals surface area contributed by atoms with Gasteiger partial charge in [0.15, 0.2) is 0 Å². The van der Waals surface area contributed by atoms with E-state index in [1.54, 1.807) is 6.08 Å². The van der Waals surface area contributed by atoms with Crippen molar-refractivity contribution in [3.05, 3.63) is 11.6 Å². The number of ether oxygens (including phenoxy) is 1. The van der Waals surface area contributed by atoms with Crippen LogP contribution in [0.25, 0.3) is 0 Å². The molecule has 4 fully saturated rings. The molecule has 7 heteroatoms. The first-order chi connectivity index (χ1) is 14.1. The van der Waals surface area contributed by atoms with E-state index in [-0.39, 0.29) is 43.2 Å². The summed E-state index contributed by atoms with van der Waals surface area (Å²) in [5.41, 5.74) is -2.92. The van der Waals surface area contributed by atoms with Crippen LogP contribution >= 0.6 is 0 Å². The minimum absolute atomic E-state index is 0.0684. The van der Waals surface area contributed by atoms with Crippen LogP contribution in [-0.2, 0) is 9.53 Å². The normalized spacial score (nSPS) is 55.3. The minimum atomic E-state index is -1.34. The van der Waals surface area contributed by atoms with Crippen LogP contribution < -0.4 is 0 Å². The lowest BCUT2D eigenvalue weighted by molar-refractivity contribution is -0.297. The fourth-order valence-corrected chi connectivity index (χ4v) is 8.63. The van der Waals surface area contributed by atoms with Crippen LogP contribution in [0.3, 0.4) is 0 Å². The molecule has 0 radical (unpaired) electrons. The summed E-state index contributed by atoms with van der Waals surface area (Å²) < 4.78 is 5.15. The molecular weight excluding hydrogens is 388 g/mol. The maximum absolute atomic E-state index is 12.1. The van der Waals surface area contributed by atoms with E-state index in [2.05, 4.69) is 6.92 Å². The van der Waals surface area contributed by atoms with Crippen LogP contribution in [0.15, 0.2) is 11.6 Å².